The van der Waals surface area contributed by atoms with E-state index in [1.165, 1.54) is 0 Å². The first-order chi connectivity index (χ1) is 12.8. The summed E-state index contributed by atoms with van der Waals surface area (Å²) in [5, 5.41) is 16.6. The Bertz CT molecular complexity index is 863. The Morgan fingerprint density at radius 1 is 1.33 bits per heavy atom. The number of nitrogens with one attached hydrogen (secondary N) is 1. The molecule has 7 nitrogen and oxygen atoms in total. The fourth-order valence-electron chi connectivity index (χ4n) is 3.04. The van der Waals surface area contributed by atoms with E-state index < -0.39 is 17.9 Å². The molecular weight excluding hydrogens is 342 g/mol. The van der Waals surface area contributed by atoms with Crippen LogP contribution in [0.1, 0.15) is 55.6 Å². The number of amides is 2. The number of carbonyl (C=O) groups is 2. The van der Waals surface area contributed by atoms with Crippen LogP contribution >= 0.6 is 0 Å². The Morgan fingerprint density at radius 3 is 2.70 bits per heavy atom. The lowest BCUT2D eigenvalue weighted by atomic mass is 10.0. The van der Waals surface area contributed by atoms with E-state index in [1.807, 2.05) is 39.0 Å². The van der Waals surface area contributed by atoms with E-state index >= 15 is 0 Å². The van der Waals surface area contributed by atoms with Crippen molar-refractivity contribution in [2.45, 2.75) is 59.0 Å². The van der Waals surface area contributed by atoms with Crippen LogP contribution in [0.3, 0.4) is 0 Å². The van der Waals surface area contributed by atoms with Crippen LogP contribution in [0.2, 0.25) is 0 Å². The number of nitrogens with zero attached hydrogens (tertiary/aromatic N) is 3. The van der Waals surface area contributed by atoms with Crippen LogP contribution in [0.25, 0.3) is 10.9 Å². The summed E-state index contributed by atoms with van der Waals surface area (Å²) in [4.78, 5) is 24.5. The van der Waals surface area contributed by atoms with Crippen molar-refractivity contribution in [3.63, 3.8) is 0 Å². The van der Waals surface area contributed by atoms with Gasteiger partial charge >= 0.3 is 0 Å². The van der Waals surface area contributed by atoms with E-state index in [0.29, 0.717) is 25.1 Å². The first-order valence-electron chi connectivity index (χ1n) is 9.27. The fourth-order valence-corrected chi connectivity index (χ4v) is 3.04. The molecule has 1 aromatic carbocycles. The fraction of sp³-hybridized carbons (Fsp3) is 0.500. The van der Waals surface area contributed by atoms with Crippen LogP contribution < -0.4 is 11.1 Å². The van der Waals surface area contributed by atoms with Crippen molar-refractivity contribution < 1.29 is 9.59 Å². The Labute approximate surface area is 159 Å². The molecule has 3 N–H and O–H groups in total. The first kappa shape index (κ1) is 20.4. The van der Waals surface area contributed by atoms with E-state index in [1.54, 1.807) is 4.68 Å². The predicted molar refractivity (Wildman–Crippen MR) is 104 cm³/mol. The topological polar surface area (TPSA) is 114 Å². The van der Waals surface area contributed by atoms with Gasteiger partial charge in [-0.3, -0.25) is 14.3 Å². The molecule has 2 aromatic rings. The number of hydrogen-bond donors (Lipinski definition) is 2. The molecule has 144 valence electrons. The number of fused-ring (bicyclic) bond motifs is 1. The number of nitrogens with two attached hydrogens (primary N) is 1. The van der Waals surface area contributed by atoms with Gasteiger partial charge in [0.2, 0.25) is 5.91 Å². The van der Waals surface area contributed by atoms with Gasteiger partial charge in [-0.1, -0.05) is 25.5 Å². The standard InChI is InChI=1S/C20H27N5O2/c1-13(2)11-16(19(22)26)23-20(27)18-15-12-14(3)7-8-17(15)25(24-18)10-6-4-5-9-21/h7-8,12-13,16H,4-6,10-11H2,1-3H3,(H2,22,26)(H,23,27). The molecule has 1 aromatic heterocycles. The summed E-state index contributed by atoms with van der Waals surface area (Å²) in [6, 6.07) is 7.25. The number of benzene rings is 1. The molecule has 0 radical (unpaired) electrons. The molecule has 0 aliphatic carbocycles. The summed E-state index contributed by atoms with van der Waals surface area (Å²) in [6.07, 6.45) is 2.56. The van der Waals surface area contributed by atoms with Crippen molar-refractivity contribution in [1.82, 2.24) is 15.1 Å². The van der Waals surface area contributed by atoms with E-state index in [9.17, 15) is 9.59 Å². The highest BCUT2D eigenvalue weighted by atomic mass is 16.2. The second-order valence-electron chi connectivity index (χ2n) is 7.27. The molecule has 1 unspecified atom stereocenters. The monoisotopic (exact) mass is 369 g/mol. The van der Waals surface area contributed by atoms with Crippen molar-refractivity contribution >= 4 is 22.7 Å². The summed E-state index contributed by atoms with van der Waals surface area (Å²) < 4.78 is 1.79. The van der Waals surface area contributed by atoms with Crippen LogP contribution in [-0.4, -0.2) is 27.6 Å². The van der Waals surface area contributed by atoms with Crippen molar-refractivity contribution in [3.8, 4) is 6.07 Å². The Kier molecular flexibility index (Phi) is 6.94. The van der Waals surface area contributed by atoms with Crippen LogP contribution in [0, 0.1) is 24.2 Å². The van der Waals surface area contributed by atoms with Gasteiger partial charge in [0, 0.05) is 18.4 Å². The van der Waals surface area contributed by atoms with Gasteiger partial charge in [0.25, 0.3) is 5.91 Å². The van der Waals surface area contributed by atoms with E-state index in [4.69, 9.17) is 11.0 Å². The SMILES string of the molecule is Cc1ccc2c(c1)c(C(=O)NC(CC(C)C)C(N)=O)nn2CCCCC#N. The molecule has 0 bridgehead atoms. The predicted octanol–water partition coefficient (Wildman–Crippen LogP) is 2.67. The summed E-state index contributed by atoms with van der Waals surface area (Å²) >= 11 is 0. The number of rotatable bonds is 9. The molecule has 0 aliphatic heterocycles. The number of aryl methyl sites for hydroxylation is 2. The summed E-state index contributed by atoms with van der Waals surface area (Å²) in [5.41, 5.74) is 7.62. The maximum absolute atomic E-state index is 12.8. The number of aromatic nitrogens is 2. The number of nitriles is 1. The molecule has 7 heteroatoms. The zero-order chi connectivity index (χ0) is 20.0. The summed E-state index contributed by atoms with van der Waals surface area (Å²) in [7, 11) is 0. The molecule has 0 fully saturated rings. The average molecular weight is 369 g/mol. The smallest absolute Gasteiger partial charge is 0.273 e. The van der Waals surface area contributed by atoms with Crippen LogP contribution in [0.15, 0.2) is 18.2 Å². The molecule has 0 saturated carbocycles. The Hall–Kier alpha value is -2.88. The van der Waals surface area contributed by atoms with E-state index in [2.05, 4.69) is 16.5 Å². The maximum Gasteiger partial charge on any atom is 0.273 e. The zero-order valence-corrected chi connectivity index (χ0v) is 16.2. The van der Waals surface area contributed by atoms with Crippen LogP contribution in [-0.2, 0) is 11.3 Å². The van der Waals surface area contributed by atoms with Gasteiger partial charge in [-0.25, -0.2) is 0 Å². The third-order valence-electron chi connectivity index (χ3n) is 4.39. The average Bonchev–Trinajstić information content (AvgIpc) is 2.95. The van der Waals surface area contributed by atoms with Crippen LogP contribution in [0.5, 0.6) is 0 Å². The molecule has 2 rings (SSSR count). The van der Waals surface area contributed by atoms with Gasteiger partial charge in [0.1, 0.15) is 6.04 Å². The Morgan fingerprint density at radius 2 is 2.07 bits per heavy atom. The molecule has 0 aliphatic rings. The van der Waals surface area contributed by atoms with Gasteiger partial charge in [0.15, 0.2) is 5.69 Å². The lowest BCUT2D eigenvalue weighted by Crippen LogP contribution is -2.45. The summed E-state index contributed by atoms with van der Waals surface area (Å²) in [6.45, 7) is 6.52. The first-order valence-corrected chi connectivity index (χ1v) is 9.27. The van der Waals surface area contributed by atoms with E-state index in [0.717, 1.165) is 29.3 Å². The third-order valence-corrected chi connectivity index (χ3v) is 4.39. The van der Waals surface area contributed by atoms with Gasteiger partial charge in [-0.2, -0.15) is 10.4 Å². The molecule has 0 spiro atoms. The highest BCUT2D eigenvalue weighted by molar-refractivity contribution is 6.06. The number of unbranched alkanes of at least 4 members (excludes halogenated alkanes) is 2. The van der Waals surface area contributed by atoms with Gasteiger partial charge in [-0.05, 0) is 44.2 Å². The minimum Gasteiger partial charge on any atom is -0.368 e. The van der Waals surface area contributed by atoms with Crippen molar-refractivity contribution in [3.05, 3.63) is 29.5 Å². The molecule has 1 heterocycles. The van der Waals surface area contributed by atoms with Crippen molar-refractivity contribution in [1.29, 1.82) is 5.26 Å². The molecular formula is C20H27N5O2. The molecule has 2 amide bonds. The maximum atomic E-state index is 12.8. The number of primary amides is 1. The van der Waals surface area contributed by atoms with Crippen molar-refractivity contribution in [2.75, 3.05) is 0 Å². The van der Waals surface area contributed by atoms with Crippen LogP contribution in [0.4, 0.5) is 0 Å². The molecule has 1 atom stereocenters. The lowest BCUT2D eigenvalue weighted by Gasteiger charge is -2.16. The summed E-state index contributed by atoms with van der Waals surface area (Å²) in [5.74, 6) is -0.723. The zero-order valence-electron chi connectivity index (χ0n) is 16.2. The van der Waals surface area contributed by atoms with Gasteiger partial charge in [-0.15, -0.1) is 0 Å². The molecule has 27 heavy (non-hydrogen) atoms. The van der Waals surface area contributed by atoms with Gasteiger partial charge < -0.3 is 11.1 Å². The largest absolute Gasteiger partial charge is 0.368 e. The highest BCUT2D eigenvalue weighted by Gasteiger charge is 2.23. The number of hydrogen-bond acceptors (Lipinski definition) is 4. The highest BCUT2D eigenvalue weighted by Crippen LogP contribution is 2.21. The normalized spacial score (nSPS) is 12.1. The van der Waals surface area contributed by atoms with Crippen molar-refractivity contribution in [2.24, 2.45) is 11.7 Å². The van der Waals surface area contributed by atoms with E-state index in [-0.39, 0.29) is 5.92 Å². The third kappa shape index (κ3) is 5.30. The second-order valence-corrected chi connectivity index (χ2v) is 7.27. The minimum absolute atomic E-state index is 0.222. The quantitative estimate of drug-likeness (QED) is 0.661. The Balaban J connectivity index is 2.30. The van der Waals surface area contributed by atoms with Gasteiger partial charge in [0.05, 0.1) is 11.6 Å². The molecule has 0 saturated heterocycles. The second kappa shape index (κ2) is 9.17. The lowest BCUT2D eigenvalue weighted by molar-refractivity contribution is -0.120. The minimum atomic E-state index is -0.724. The number of carbonyl (C=O) groups excluding carboxylic acids is 2.